The number of carbonyl (C=O) groups is 2. The van der Waals surface area contributed by atoms with Gasteiger partial charge in [-0.15, -0.1) is 0 Å². The first-order chi connectivity index (χ1) is 14.0. The van der Waals surface area contributed by atoms with Gasteiger partial charge >= 0.3 is 0 Å². The molecule has 1 fully saturated rings. The van der Waals surface area contributed by atoms with Gasteiger partial charge in [-0.2, -0.15) is 0 Å². The van der Waals surface area contributed by atoms with Crippen LogP contribution in [0.25, 0.3) is 6.08 Å². The Kier molecular flexibility index (Phi) is 7.01. The third kappa shape index (κ3) is 5.43. The van der Waals surface area contributed by atoms with Gasteiger partial charge in [0.05, 0.1) is 4.91 Å². The van der Waals surface area contributed by atoms with Gasteiger partial charge in [0.1, 0.15) is 10.9 Å². The number of thioether (sulfide) groups is 1. The van der Waals surface area contributed by atoms with E-state index in [0.29, 0.717) is 9.23 Å². The fourth-order valence-electron chi connectivity index (χ4n) is 2.98. The van der Waals surface area contributed by atoms with Crippen LogP contribution >= 0.6 is 24.0 Å². The Hall–Kier alpha value is -2.70. The number of nitrogens with zero attached hydrogens (tertiary/aromatic N) is 1. The van der Waals surface area contributed by atoms with E-state index in [9.17, 15) is 9.59 Å². The molecule has 6 heteroatoms. The van der Waals surface area contributed by atoms with E-state index in [4.69, 9.17) is 12.2 Å². The second-order valence-electron chi connectivity index (χ2n) is 6.63. The highest BCUT2D eigenvalue weighted by molar-refractivity contribution is 8.26. The second-order valence-corrected chi connectivity index (χ2v) is 8.30. The third-order valence-corrected chi connectivity index (χ3v) is 5.78. The number of carbonyl (C=O) groups excluding carboxylic acids is 2. The van der Waals surface area contributed by atoms with Gasteiger partial charge in [0.15, 0.2) is 0 Å². The van der Waals surface area contributed by atoms with E-state index < -0.39 is 0 Å². The zero-order chi connectivity index (χ0) is 20.8. The fourth-order valence-corrected chi connectivity index (χ4v) is 4.29. The van der Waals surface area contributed by atoms with Crippen LogP contribution in [0, 0.1) is 0 Å². The summed E-state index contributed by atoms with van der Waals surface area (Å²) < 4.78 is 0.396. The van der Waals surface area contributed by atoms with Crippen LogP contribution in [-0.2, 0) is 16.0 Å². The monoisotopic (exact) mass is 422 g/mol. The molecule has 0 aliphatic carbocycles. The molecule has 0 bridgehead atoms. The number of amides is 2. The van der Waals surface area contributed by atoms with Gasteiger partial charge in [0.25, 0.3) is 5.91 Å². The van der Waals surface area contributed by atoms with Crippen molar-refractivity contribution in [1.82, 2.24) is 4.90 Å². The zero-order valence-electron chi connectivity index (χ0n) is 16.3. The molecule has 2 aromatic carbocycles. The maximum absolute atomic E-state index is 12.8. The molecule has 1 N–H and O–H groups in total. The molecular formula is C23H22N2O2S2. The lowest BCUT2D eigenvalue weighted by molar-refractivity contribution is -0.126. The molecule has 1 saturated heterocycles. The van der Waals surface area contributed by atoms with Crippen LogP contribution in [0.5, 0.6) is 0 Å². The molecule has 0 atom stereocenters. The van der Waals surface area contributed by atoms with Crippen molar-refractivity contribution in [2.75, 3.05) is 11.9 Å². The number of rotatable bonds is 6. The summed E-state index contributed by atoms with van der Waals surface area (Å²) in [5, 5.41) is 2.89. The number of hydrogen-bond donors (Lipinski definition) is 1. The van der Waals surface area contributed by atoms with Crippen molar-refractivity contribution in [3.05, 3.63) is 82.3 Å². The topological polar surface area (TPSA) is 49.4 Å². The van der Waals surface area contributed by atoms with Crippen molar-refractivity contribution in [3.8, 4) is 0 Å². The first-order valence-corrected chi connectivity index (χ1v) is 10.6. The lowest BCUT2D eigenvalue weighted by Gasteiger charge is -2.15. The number of aryl methyl sites for hydroxylation is 1. The van der Waals surface area contributed by atoms with Crippen LogP contribution in [0.1, 0.15) is 25.0 Å². The van der Waals surface area contributed by atoms with Gasteiger partial charge in [-0.3, -0.25) is 14.5 Å². The minimum atomic E-state index is -0.264. The molecule has 1 heterocycles. The zero-order valence-corrected chi connectivity index (χ0v) is 18.0. The molecule has 0 aromatic heterocycles. The summed E-state index contributed by atoms with van der Waals surface area (Å²) >= 11 is 6.56. The average Bonchev–Trinajstić information content (AvgIpc) is 2.96. The van der Waals surface area contributed by atoms with Crippen molar-refractivity contribution < 1.29 is 9.59 Å². The van der Waals surface area contributed by atoms with Crippen molar-refractivity contribution >= 4 is 51.9 Å². The van der Waals surface area contributed by atoms with Gasteiger partial charge in [0.2, 0.25) is 5.91 Å². The minimum absolute atomic E-state index is 0.0957. The van der Waals surface area contributed by atoms with E-state index in [1.54, 1.807) is 0 Å². The van der Waals surface area contributed by atoms with Crippen molar-refractivity contribution in [2.45, 2.75) is 20.3 Å². The number of allylic oxidation sites excluding steroid dienone is 2. The Labute approximate surface area is 180 Å². The van der Waals surface area contributed by atoms with E-state index in [-0.39, 0.29) is 18.4 Å². The standard InChI is InChI=1S/C23H22N2O2S2/c1-3-18-11-7-8-12-19(18)24-21(26)15-25-22(27)20(29-23(25)28)14-16(2)13-17-9-5-4-6-10-17/h4-14H,3,15H2,1-2H3,(H,24,26)/b16-13+,20-14-. The molecule has 3 rings (SSSR count). The Morgan fingerprint density at radius 3 is 2.55 bits per heavy atom. The van der Waals surface area contributed by atoms with E-state index in [2.05, 4.69) is 5.32 Å². The summed E-state index contributed by atoms with van der Waals surface area (Å²) in [6, 6.07) is 17.5. The van der Waals surface area contributed by atoms with Gasteiger partial charge in [-0.25, -0.2) is 0 Å². The lowest BCUT2D eigenvalue weighted by Crippen LogP contribution is -2.36. The van der Waals surface area contributed by atoms with Crippen molar-refractivity contribution in [1.29, 1.82) is 0 Å². The SMILES string of the molecule is CCc1ccccc1NC(=O)CN1C(=O)/C(=C/C(C)=C/c2ccccc2)SC1=S. The summed E-state index contributed by atoms with van der Waals surface area (Å²) in [6.07, 6.45) is 4.63. The summed E-state index contributed by atoms with van der Waals surface area (Å²) in [5.74, 6) is -0.500. The summed E-state index contributed by atoms with van der Waals surface area (Å²) in [4.78, 5) is 27.1. The number of nitrogens with one attached hydrogen (secondary N) is 1. The molecule has 2 aromatic rings. The van der Waals surface area contributed by atoms with E-state index in [0.717, 1.165) is 28.8 Å². The normalized spacial score (nSPS) is 15.9. The highest BCUT2D eigenvalue weighted by Gasteiger charge is 2.33. The quantitative estimate of drug-likeness (QED) is 0.524. The van der Waals surface area contributed by atoms with Crippen LogP contribution < -0.4 is 5.32 Å². The fraction of sp³-hybridized carbons (Fsp3) is 0.174. The molecule has 29 heavy (non-hydrogen) atoms. The van der Waals surface area contributed by atoms with Gasteiger partial charge < -0.3 is 5.32 Å². The summed E-state index contributed by atoms with van der Waals surface area (Å²) in [5.41, 5.74) is 3.82. The largest absolute Gasteiger partial charge is 0.324 e. The molecule has 0 saturated carbocycles. The Morgan fingerprint density at radius 1 is 1.14 bits per heavy atom. The summed E-state index contributed by atoms with van der Waals surface area (Å²) in [6.45, 7) is 3.87. The second kappa shape index (κ2) is 9.67. The number of para-hydroxylation sites is 1. The molecule has 0 spiro atoms. The van der Waals surface area contributed by atoms with Crippen LogP contribution in [0.2, 0.25) is 0 Å². The Balaban J connectivity index is 1.68. The third-order valence-electron chi connectivity index (χ3n) is 4.40. The van der Waals surface area contributed by atoms with Gasteiger partial charge in [0, 0.05) is 5.69 Å². The number of benzene rings is 2. The first kappa shape index (κ1) is 21.0. The molecule has 2 amide bonds. The van der Waals surface area contributed by atoms with Crippen molar-refractivity contribution in [3.63, 3.8) is 0 Å². The van der Waals surface area contributed by atoms with Gasteiger partial charge in [-0.1, -0.05) is 85.5 Å². The van der Waals surface area contributed by atoms with Gasteiger partial charge in [-0.05, 0) is 42.2 Å². The van der Waals surface area contributed by atoms with E-state index in [1.165, 1.54) is 16.7 Å². The predicted octanol–water partition coefficient (Wildman–Crippen LogP) is 5.04. The van der Waals surface area contributed by atoms with Crippen LogP contribution in [0.3, 0.4) is 0 Å². The molecule has 1 aliphatic rings. The van der Waals surface area contributed by atoms with Crippen molar-refractivity contribution in [2.24, 2.45) is 0 Å². The highest BCUT2D eigenvalue weighted by Crippen LogP contribution is 2.32. The first-order valence-electron chi connectivity index (χ1n) is 9.34. The molecule has 4 nitrogen and oxygen atoms in total. The maximum Gasteiger partial charge on any atom is 0.266 e. The lowest BCUT2D eigenvalue weighted by atomic mass is 10.1. The molecule has 1 aliphatic heterocycles. The van der Waals surface area contributed by atoms with E-state index in [1.807, 2.05) is 80.6 Å². The Bertz CT molecular complexity index is 997. The highest BCUT2D eigenvalue weighted by atomic mass is 32.2. The maximum atomic E-state index is 12.8. The molecule has 0 unspecified atom stereocenters. The number of anilines is 1. The van der Waals surface area contributed by atoms with Crippen LogP contribution in [0.15, 0.2) is 71.2 Å². The Morgan fingerprint density at radius 2 is 1.83 bits per heavy atom. The average molecular weight is 423 g/mol. The minimum Gasteiger partial charge on any atom is -0.324 e. The van der Waals surface area contributed by atoms with E-state index >= 15 is 0 Å². The summed E-state index contributed by atoms with van der Waals surface area (Å²) in [7, 11) is 0. The molecule has 148 valence electrons. The van der Waals surface area contributed by atoms with Crippen LogP contribution in [0.4, 0.5) is 5.69 Å². The number of hydrogen-bond acceptors (Lipinski definition) is 4. The predicted molar refractivity (Wildman–Crippen MR) is 125 cm³/mol. The number of thiocarbonyl (C=S) groups is 1. The smallest absolute Gasteiger partial charge is 0.266 e. The molecular weight excluding hydrogens is 400 g/mol. The van der Waals surface area contributed by atoms with Crippen LogP contribution in [-0.4, -0.2) is 27.6 Å². The molecule has 0 radical (unpaired) electrons.